The Labute approximate surface area is 153 Å². The lowest BCUT2D eigenvalue weighted by Gasteiger charge is -2.28. The van der Waals surface area contributed by atoms with Crippen LogP contribution in [0.4, 0.5) is 5.69 Å². The van der Waals surface area contributed by atoms with Crippen molar-refractivity contribution < 1.29 is 9.90 Å². The zero-order chi connectivity index (χ0) is 17.6. The molecule has 4 nitrogen and oxygen atoms in total. The topological polar surface area (TPSA) is 61.4 Å². The molecule has 0 spiro atoms. The molecule has 0 aromatic heterocycles. The van der Waals surface area contributed by atoms with Crippen molar-refractivity contribution >= 4 is 23.2 Å². The Morgan fingerprint density at radius 3 is 2.72 bits per heavy atom. The number of nitrogens with one attached hydrogen (secondary N) is 2. The zero-order valence-electron chi connectivity index (χ0n) is 14.0. The number of benzene rings is 2. The largest absolute Gasteiger partial charge is 0.392 e. The molecule has 2 aromatic rings. The van der Waals surface area contributed by atoms with E-state index in [1.54, 1.807) is 24.3 Å². The highest BCUT2D eigenvalue weighted by atomic mass is 35.5. The van der Waals surface area contributed by atoms with E-state index < -0.39 is 0 Å². The lowest BCUT2D eigenvalue weighted by Crippen LogP contribution is -2.41. The van der Waals surface area contributed by atoms with Crippen LogP contribution in [0.5, 0.6) is 0 Å². The first-order chi connectivity index (χ1) is 12.1. The van der Waals surface area contributed by atoms with Crippen LogP contribution >= 0.6 is 11.6 Å². The smallest absolute Gasteiger partial charge is 0.257 e. The number of halogens is 1. The summed E-state index contributed by atoms with van der Waals surface area (Å²) in [6, 6.07) is 14.9. The van der Waals surface area contributed by atoms with Crippen molar-refractivity contribution in [2.75, 3.05) is 5.32 Å². The van der Waals surface area contributed by atoms with Gasteiger partial charge in [0.1, 0.15) is 0 Å². The van der Waals surface area contributed by atoms with E-state index in [9.17, 15) is 9.90 Å². The van der Waals surface area contributed by atoms with E-state index in [4.69, 9.17) is 11.6 Å². The standard InChI is InChI=1S/C20H23ClN2O2/c21-17-9-2-1-8-16(17)20(25)23-15-7-5-6-14(12-15)13-22-18-10-3-4-11-19(18)24/h1-2,5-9,12,18-19,22,24H,3-4,10-11,13H2,(H,23,25)/t18-,19-/m0/s1. The van der Waals surface area contributed by atoms with E-state index in [0.29, 0.717) is 17.1 Å². The molecule has 0 bridgehead atoms. The summed E-state index contributed by atoms with van der Waals surface area (Å²) in [5, 5.41) is 16.8. The molecule has 5 heteroatoms. The number of amides is 1. The maximum atomic E-state index is 12.4. The lowest BCUT2D eigenvalue weighted by molar-refractivity contribution is 0.0902. The highest BCUT2D eigenvalue weighted by Crippen LogP contribution is 2.20. The summed E-state index contributed by atoms with van der Waals surface area (Å²) in [4.78, 5) is 12.4. The minimum Gasteiger partial charge on any atom is -0.392 e. The van der Waals surface area contributed by atoms with Crippen LogP contribution in [0, 0.1) is 0 Å². The van der Waals surface area contributed by atoms with Gasteiger partial charge in [-0.1, -0.05) is 48.7 Å². The molecule has 25 heavy (non-hydrogen) atoms. The van der Waals surface area contributed by atoms with Crippen molar-refractivity contribution in [2.24, 2.45) is 0 Å². The number of anilines is 1. The van der Waals surface area contributed by atoms with Crippen LogP contribution in [-0.4, -0.2) is 23.2 Å². The first-order valence-electron chi connectivity index (χ1n) is 8.70. The summed E-state index contributed by atoms with van der Waals surface area (Å²) in [5.74, 6) is -0.224. The van der Waals surface area contributed by atoms with Gasteiger partial charge in [-0.2, -0.15) is 0 Å². The summed E-state index contributed by atoms with van der Waals surface area (Å²) in [6.45, 7) is 0.664. The molecular formula is C20H23ClN2O2. The molecule has 3 N–H and O–H groups in total. The molecule has 1 fully saturated rings. The molecule has 2 atom stereocenters. The van der Waals surface area contributed by atoms with E-state index in [1.165, 1.54) is 0 Å². The summed E-state index contributed by atoms with van der Waals surface area (Å²) in [5.41, 5.74) is 2.25. The van der Waals surface area contributed by atoms with Gasteiger partial charge in [0.15, 0.2) is 0 Å². The van der Waals surface area contributed by atoms with Crippen molar-refractivity contribution in [3.8, 4) is 0 Å². The van der Waals surface area contributed by atoms with E-state index in [2.05, 4.69) is 10.6 Å². The summed E-state index contributed by atoms with van der Waals surface area (Å²) < 4.78 is 0. The van der Waals surface area contributed by atoms with Gasteiger partial charge >= 0.3 is 0 Å². The van der Waals surface area contributed by atoms with Gasteiger partial charge < -0.3 is 15.7 Å². The van der Waals surface area contributed by atoms with Crippen molar-refractivity contribution in [3.63, 3.8) is 0 Å². The Bertz CT molecular complexity index is 735. The summed E-state index contributed by atoms with van der Waals surface area (Å²) >= 11 is 6.07. The molecule has 0 saturated heterocycles. The fourth-order valence-corrected chi connectivity index (χ4v) is 3.42. The number of rotatable bonds is 5. The third kappa shape index (κ3) is 4.82. The Morgan fingerprint density at radius 1 is 1.12 bits per heavy atom. The number of carbonyl (C=O) groups excluding carboxylic acids is 1. The Balaban J connectivity index is 1.61. The fourth-order valence-electron chi connectivity index (χ4n) is 3.20. The first kappa shape index (κ1) is 17.9. The predicted octanol–water partition coefficient (Wildman–Crippen LogP) is 3.99. The van der Waals surface area contributed by atoms with E-state index >= 15 is 0 Å². The van der Waals surface area contributed by atoms with E-state index in [-0.39, 0.29) is 18.1 Å². The van der Waals surface area contributed by atoms with E-state index in [0.717, 1.165) is 36.9 Å². The number of aliphatic hydroxyl groups excluding tert-OH is 1. The second kappa shape index (κ2) is 8.48. The number of hydrogen-bond donors (Lipinski definition) is 3. The minimum atomic E-state index is -0.267. The summed E-state index contributed by atoms with van der Waals surface area (Å²) in [6.07, 6.45) is 3.86. The van der Waals surface area contributed by atoms with Gasteiger partial charge in [-0.3, -0.25) is 4.79 Å². The third-order valence-electron chi connectivity index (χ3n) is 4.60. The van der Waals surface area contributed by atoms with Crippen molar-refractivity contribution in [3.05, 3.63) is 64.7 Å². The SMILES string of the molecule is O=C(Nc1cccc(CN[C@H]2CCCC[C@@H]2O)c1)c1ccccc1Cl. The molecule has 132 valence electrons. The number of aliphatic hydroxyl groups is 1. The van der Waals surface area contributed by atoms with Gasteiger partial charge in [-0.25, -0.2) is 0 Å². The molecule has 1 amide bonds. The second-order valence-electron chi connectivity index (χ2n) is 6.47. The minimum absolute atomic E-state index is 0.148. The average Bonchev–Trinajstić information content (AvgIpc) is 2.62. The van der Waals surface area contributed by atoms with Crippen LogP contribution in [0.3, 0.4) is 0 Å². The molecule has 1 saturated carbocycles. The van der Waals surface area contributed by atoms with Crippen LogP contribution in [0.2, 0.25) is 5.02 Å². The van der Waals surface area contributed by atoms with Gasteiger partial charge in [-0.15, -0.1) is 0 Å². The Hall–Kier alpha value is -1.88. The molecule has 0 radical (unpaired) electrons. The molecule has 3 rings (SSSR count). The Kier molecular flexibility index (Phi) is 6.08. The average molecular weight is 359 g/mol. The van der Waals surface area contributed by atoms with Crippen LogP contribution in [0.1, 0.15) is 41.6 Å². The van der Waals surface area contributed by atoms with Crippen molar-refractivity contribution in [2.45, 2.75) is 44.4 Å². The quantitative estimate of drug-likeness (QED) is 0.757. The lowest BCUT2D eigenvalue weighted by atomic mass is 9.92. The molecule has 1 aliphatic carbocycles. The molecule has 0 heterocycles. The van der Waals surface area contributed by atoms with Crippen LogP contribution < -0.4 is 10.6 Å². The zero-order valence-corrected chi connectivity index (χ0v) is 14.8. The van der Waals surface area contributed by atoms with Gasteiger partial charge in [-0.05, 0) is 42.7 Å². The van der Waals surface area contributed by atoms with Crippen LogP contribution in [0.15, 0.2) is 48.5 Å². The predicted molar refractivity (Wildman–Crippen MR) is 101 cm³/mol. The molecule has 1 aliphatic rings. The molecular weight excluding hydrogens is 336 g/mol. The fraction of sp³-hybridized carbons (Fsp3) is 0.350. The highest BCUT2D eigenvalue weighted by molar-refractivity contribution is 6.34. The van der Waals surface area contributed by atoms with E-state index in [1.807, 2.05) is 24.3 Å². The van der Waals surface area contributed by atoms with Gasteiger partial charge in [0, 0.05) is 18.3 Å². The second-order valence-corrected chi connectivity index (χ2v) is 6.88. The molecule has 2 aromatic carbocycles. The Morgan fingerprint density at radius 2 is 1.92 bits per heavy atom. The van der Waals surface area contributed by atoms with Crippen molar-refractivity contribution in [1.82, 2.24) is 5.32 Å². The first-order valence-corrected chi connectivity index (χ1v) is 9.07. The number of hydrogen-bond acceptors (Lipinski definition) is 3. The van der Waals surface area contributed by atoms with Crippen LogP contribution in [0.25, 0.3) is 0 Å². The molecule has 0 aliphatic heterocycles. The molecule has 0 unspecified atom stereocenters. The third-order valence-corrected chi connectivity index (χ3v) is 4.93. The van der Waals surface area contributed by atoms with Crippen molar-refractivity contribution in [1.29, 1.82) is 0 Å². The summed E-state index contributed by atoms with van der Waals surface area (Å²) in [7, 11) is 0. The van der Waals surface area contributed by atoms with Gasteiger partial charge in [0.05, 0.1) is 16.7 Å². The van der Waals surface area contributed by atoms with Gasteiger partial charge in [0.25, 0.3) is 5.91 Å². The maximum Gasteiger partial charge on any atom is 0.257 e. The van der Waals surface area contributed by atoms with Gasteiger partial charge in [0.2, 0.25) is 0 Å². The number of carbonyl (C=O) groups is 1. The highest BCUT2D eigenvalue weighted by Gasteiger charge is 2.22. The monoisotopic (exact) mass is 358 g/mol. The normalized spacial score (nSPS) is 20.2. The maximum absolute atomic E-state index is 12.4. The van der Waals surface area contributed by atoms with Crippen LogP contribution in [-0.2, 0) is 6.54 Å².